The van der Waals surface area contributed by atoms with Crippen LogP contribution in [-0.4, -0.2) is 22.8 Å². The first kappa shape index (κ1) is 12.8. The highest BCUT2D eigenvalue weighted by atomic mass is 16.7. The van der Waals surface area contributed by atoms with E-state index in [4.69, 9.17) is 4.84 Å². The summed E-state index contributed by atoms with van der Waals surface area (Å²) in [5.74, 6) is -1.47. The fraction of sp³-hybridized carbons (Fsp3) is 0.400. The lowest BCUT2D eigenvalue weighted by Gasteiger charge is -2.12. The molecule has 2 amide bonds. The van der Waals surface area contributed by atoms with Crippen LogP contribution in [0.25, 0.3) is 0 Å². The van der Waals surface area contributed by atoms with Gasteiger partial charge >= 0.3 is 5.97 Å². The topological polar surface area (TPSA) is 63.7 Å². The van der Waals surface area contributed by atoms with Crippen molar-refractivity contribution in [2.75, 3.05) is 0 Å². The molecule has 0 aromatic heterocycles. The smallest absolute Gasteiger partial charge is 0.330 e. The van der Waals surface area contributed by atoms with Crippen molar-refractivity contribution in [1.82, 2.24) is 5.06 Å². The Morgan fingerprint density at radius 1 is 1.15 bits per heavy atom. The predicted molar refractivity (Wildman–Crippen MR) is 69.2 cm³/mol. The molecule has 1 aliphatic carbocycles. The van der Waals surface area contributed by atoms with Gasteiger partial charge in [0, 0.05) is 12.8 Å². The molecule has 104 valence electrons. The second kappa shape index (κ2) is 4.74. The van der Waals surface area contributed by atoms with Crippen LogP contribution in [-0.2, 0) is 19.2 Å². The van der Waals surface area contributed by atoms with E-state index >= 15 is 0 Å². The summed E-state index contributed by atoms with van der Waals surface area (Å²) >= 11 is 0. The molecule has 3 rings (SSSR count). The summed E-state index contributed by atoms with van der Waals surface area (Å²) < 4.78 is 0. The molecule has 0 radical (unpaired) electrons. The average molecular weight is 273 g/mol. The van der Waals surface area contributed by atoms with Gasteiger partial charge in [-0.1, -0.05) is 29.8 Å². The monoisotopic (exact) mass is 273 g/mol. The van der Waals surface area contributed by atoms with Gasteiger partial charge in [-0.15, -0.1) is 5.06 Å². The van der Waals surface area contributed by atoms with Crippen molar-refractivity contribution in [3.05, 3.63) is 35.4 Å². The SMILES string of the molecule is Cc1ccc(C2C[C@H]2C(=O)ON2C(=O)CCC2=O)cc1. The number of nitrogens with zero attached hydrogens (tertiary/aromatic N) is 1. The Labute approximate surface area is 116 Å². The third-order valence-electron chi connectivity index (χ3n) is 3.79. The standard InChI is InChI=1S/C15H15NO4/c1-9-2-4-10(5-3-9)11-8-12(11)15(19)20-16-13(17)6-7-14(16)18/h2-5,11-12H,6-8H2,1H3/t11?,12-/m1/s1. The van der Waals surface area contributed by atoms with Gasteiger partial charge in [0.05, 0.1) is 5.92 Å². The zero-order valence-corrected chi connectivity index (χ0v) is 11.2. The Morgan fingerprint density at radius 2 is 1.75 bits per heavy atom. The van der Waals surface area contributed by atoms with E-state index in [1.807, 2.05) is 31.2 Å². The maximum absolute atomic E-state index is 11.9. The molecule has 20 heavy (non-hydrogen) atoms. The Morgan fingerprint density at radius 3 is 2.35 bits per heavy atom. The Hall–Kier alpha value is -2.17. The molecule has 1 unspecified atom stereocenters. The van der Waals surface area contributed by atoms with Gasteiger partial charge < -0.3 is 4.84 Å². The molecule has 1 saturated carbocycles. The Balaban J connectivity index is 1.61. The summed E-state index contributed by atoms with van der Waals surface area (Å²) in [5, 5.41) is 0.618. The van der Waals surface area contributed by atoms with Crippen molar-refractivity contribution < 1.29 is 19.2 Å². The van der Waals surface area contributed by atoms with Crippen LogP contribution in [0, 0.1) is 12.8 Å². The molecular formula is C15H15NO4. The zero-order valence-electron chi connectivity index (χ0n) is 11.2. The minimum atomic E-state index is -0.487. The molecular weight excluding hydrogens is 258 g/mol. The number of carbonyl (C=O) groups is 3. The summed E-state index contributed by atoms with van der Waals surface area (Å²) in [5.41, 5.74) is 2.26. The molecule has 5 heteroatoms. The van der Waals surface area contributed by atoms with Crippen LogP contribution in [0.1, 0.15) is 36.3 Å². The first-order chi connectivity index (χ1) is 9.56. The lowest BCUT2D eigenvalue weighted by Crippen LogP contribution is -2.32. The van der Waals surface area contributed by atoms with Crippen molar-refractivity contribution in [3.8, 4) is 0 Å². The molecule has 2 atom stereocenters. The summed E-state index contributed by atoms with van der Waals surface area (Å²) in [4.78, 5) is 39.6. The van der Waals surface area contributed by atoms with E-state index in [0.717, 1.165) is 5.56 Å². The number of benzene rings is 1. The van der Waals surface area contributed by atoms with Crippen LogP contribution in [0.4, 0.5) is 0 Å². The number of hydroxylamine groups is 2. The molecule has 0 bridgehead atoms. The molecule has 1 aliphatic heterocycles. The lowest BCUT2D eigenvalue weighted by atomic mass is 10.1. The summed E-state index contributed by atoms with van der Waals surface area (Å²) in [7, 11) is 0. The van der Waals surface area contributed by atoms with Crippen LogP contribution in [0.15, 0.2) is 24.3 Å². The van der Waals surface area contributed by atoms with E-state index in [1.165, 1.54) is 5.56 Å². The highest BCUT2D eigenvalue weighted by molar-refractivity contribution is 6.01. The van der Waals surface area contributed by atoms with Gasteiger partial charge in [-0.3, -0.25) is 9.59 Å². The predicted octanol–water partition coefficient (Wildman–Crippen LogP) is 1.71. The van der Waals surface area contributed by atoms with Gasteiger partial charge in [0.15, 0.2) is 0 Å². The molecule has 0 spiro atoms. The van der Waals surface area contributed by atoms with Gasteiger partial charge in [0.1, 0.15) is 0 Å². The van der Waals surface area contributed by atoms with Crippen molar-refractivity contribution in [3.63, 3.8) is 0 Å². The molecule has 5 nitrogen and oxygen atoms in total. The first-order valence-corrected chi connectivity index (χ1v) is 6.70. The van der Waals surface area contributed by atoms with E-state index < -0.39 is 17.8 Å². The maximum Gasteiger partial charge on any atom is 0.336 e. The number of hydrogen-bond donors (Lipinski definition) is 0. The number of carbonyl (C=O) groups excluding carboxylic acids is 3. The maximum atomic E-state index is 11.9. The number of amides is 2. The fourth-order valence-electron chi connectivity index (χ4n) is 2.45. The largest absolute Gasteiger partial charge is 0.336 e. The minimum Gasteiger partial charge on any atom is -0.330 e. The molecule has 1 heterocycles. The molecule has 1 aromatic carbocycles. The second-order valence-corrected chi connectivity index (χ2v) is 5.35. The van der Waals surface area contributed by atoms with Crippen molar-refractivity contribution in [1.29, 1.82) is 0 Å². The van der Waals surface area contributed by atoms with Crippen molar-refractivity contribution in [2.45, 2.75) is 32.1 Å². The zero-order chi connectivity index (χ0) is 14.3. The average Bonchev–Trinajstić information content (AvgIpc) is 3.17. The van der Waals surface area contributed by atoms with Gasteiger partial charge in [-0.2, -0.15) is 0 Å². The molecule has 1 aromatic rings. The van der Waals surface area contributed by atoms with Crippen molar-refractivity contribution in [2.24, 2.45) is 5.92 Å². The van der Waals surface area contributed by atoms with Crippen LogP contribution in [0.3, 0.4) is 0 Å². The van der Waals surface area contributed by atoms with Crippen LogP contribution >= 0.6 is 0 Å². The van der Waals surface area contributed by atoms with Crippen LogP contribution in [0.5, 0.6) is 0 Å². The van der Waals surface area contributed by atoms with E-state index in [-0.39, 0.29) is 24.7 Å². The van der Waals surface area contributed by atoms with Gasteiger partial charge in [0.2, 0.25) is 0 Å². The fourth-order valence-corrected chi connectivity index (χ4v) is 2.45. The third-order valence-corrected chi connectivity index (χ3v) is 3.79. The molecule has 2 fully saturated rings. The van der Waals surface area contributed by atoms with E-state index in [2.05, 4.69) is 0 Å². The van der Waals surface area contributed by atoms with E-state index in [1.54, 1.807) is 0 Å². The Kier molecular flexibility index (Phi) is 3.04. The molecule has 1 saturated heterocycles. The first-order valence-electron chi connectivity index (χ1n) is 6.70. The van der Waals surface area contributed by atoms with Gasteiger partial charge in [0.25, 0.3) is 11.8 Å². The van der Waals surface area contributed by atoms with Gasteiger partial charge in [-0.25, -0.2) is 4.79 Å². The van der Waals surface area contributed by atoms with E-state index in [9.17, 15) is 14.4 Å². The summed E-state index contributed by atoms with van der Waals surface area (Å²) in [6.45, 7) is 2.01. The minimum absolute atomic E-state index is 0.123. The molecule has 0 N–H and O–H groups in total. The lowest BCUT2D eigenvalue weighted by molar-refractivity contribution is -0.198. The number of aryl methyl sites for hydroxylation is 1. The number of rotatable bonds is 3. The number of hydrogen-bond acceptors (Lipinski definition) is 4. The quantitative estimate of drug-likeness (QED) is 0.786. The highest BCUT2D eigenvalue weighted by Crippen LogP contribution is 2.48. The van der Waals surface area contributed by atoms with Crippen molar-refractivity contribution >= 4 is 17.8 Å². The normalized spacial score (nSPS) is 24.9. The Bertz CT molecular complexity index is 562. The number of imide groups is 1. The third kappa shape index (κ3) is 2.31. The summed E-state index contributed by atoms with van der Waals surface area (Å²) in [6, 6.07) is 8.01. The van der Waals surface area contributed by atoms with E-state index in [0.29, 0.717) is 11.5 Å². The van der Waals surface area contributed by atoms with Crippen LogP contribution < -0.4 is 0 Å². The van der Waals surface area contributed by atoms with Gasteiger partial charge in [-0.05, 0) is 24.8 Å². The molecule has 2 aliphatic rings. The highest BCUT2D eigenvalue weighted by Gasteiger charge is 2.47. The second-order valence-electron chi connectivity index (χ2n) is 5.35. The van der Waals surface area contributed by atoms with Crippen LogP contribution in [0.2, 0.25) is 0 Å². The summed E-state index contributed by atoms with van der Waals surface area (Å²) in [6.07, 6.45) is 0.953.